The molecule has 1 unspecified atom stereocenters. The standard InChI is InChI=1S/C10H18N2O/c1-8(2)7-12-6-4-3-5-9(12)10(11)13/h9H,1,3-7H2,2H3,(H2,11,13). The van der Waals surface area contributed by atoms with E-state index in [-0.39, 0.29) is 11.9 Å². The molecule has 0 radical (unpaired) electrons. The molecule has 0 bridgehead atoms. The fourth-order valence-electron chi connectivity index (χ4n) is 1.85. The number of primary amides is 1. The number of nitrogens with two attached hydrogens (primary N) is 1. The lowest BCUT2D eigenvalue weighted by molar-refractivity contribution is -0.124. The molecule has 1 fully saturated rings. The highest BCUT2D eigenvalue weighted by molar-refractivity contribution is 5.79. The monoisotopic (exact) mass is 182 g/mol. The van der Waals surface area contributed by atoms with E-state index >= 15 is 0 Å². The van der Waals surface area contributed by atoms with Gasteiger partial charge in [0.2, 0.25) is 5.91 Å². The lowest BCUT2D eigenvalue weighted by Crippen LogP contribution is -2.48. The van der Waals surface area contributed by atoms with Crippen LogP contribution in [-0.4, -0.2) is 29.9 Å². The largest absolute Gasteiger partial charge is 0.368 e. The van der Waals surface area contributed by atoms with Crippen LogP contribution in [0.3, 0.4) is 0 Å². The van der Waals surface area contributed by atoms with Crippen molar-refractivity contribution in [1.29, 1.82) is 0 Å². The van der Waals surface area contributed by atoms with Crippen molar-refractivity contribution in [3.05, 3.63) is 12.2 Å². The zero-order valence-electron chi connectivity index (χ0n) is 8.25. The maximum absolute atomic E-state index is 11.1. The maximum atomic E-state index is 11.1. The minimum Gasteiger partial charge on any atom is -0.368 e. The molecule has 3 nitrogen and oxygen atoms in total. The maximum Gasteiger partial charge on any atom is 0.234 e. The Hall–Kier alpha value is -0.830. The van der Waals surface area contributed by atoms with Gasteiger partial charge in [0.25, 0.3) is 0 Å². The van der Waals surface area contributed by atoms with Gasteiger partial charge in [-0.05, 0) is 26.3 Å². The number of piperidine rings is 1. The van der Waals surface area contributed by atoms with Gasteiger partial charge >= 0.3 is 0 Å². The SMILES string of the molecule is C=C(C)CN1CCCCC1C(N)=O. The quantitative estimate of drug-likeness (QED) is 0.659. The zero-order chi connectivity index (χ0) is 9.84. The number of amides is 1. The molecule has 1 atom stereocenters. The number of likely N-dealkylation sites (tertiary alicyclic amines) is 1. The van der Waals surface area contributed by atoms with E-state index in [0.717, 1.165) is 37.9 Å². The van der Waals surface area contributed by atoms with Gasteiger partial charge in [-0.2, -0.15) is 0 Å². The van der Waals surface area contributed by atoms with E-state index in [2.05, 4.69) is 11.5 Å². The third-order valence-electron chi connectivity index (χ3n) is 2.42. The molecule has 1 aliphatic rings. The van der Waals surface area contributed by atoms with E-state index in [4.69, 9.17) is 5.73 Å². The van der Waals surface area contributed by atoms with Gasteiger partial charge in [0.1, 0.15) is 0 Å². The molecule has 0 aromatic carbocycles. The first-order valence-electron chi connectivity index (χ1n) is 4.79. The number of hydrogen-bond donors (Lipinski definition) is 1. The fraction of sp³-hybridized carbons (Fsp3) is 0.700. The van der Waals surface area contributed by atoms with Crippen molar-refractivity contribution in [2.75, 3.05) is 13.1 Å². The molecule has 0 aromatic heterocycles. The second kappa shape index (κ2) is 4.42. The van der Waals surface area contributed by atoms with E-state index in [1.54, 1.807) is 0 Å². The van der Waals surface area contributed by atoms with Crippen LogP contribution in [0, 0.1) is 0 Å². The summed E-state index contributed by atoms with van der Waals surface area (Å²) in [7, 11) is 0. The Labute approximate surface area is 79.6 Å². The summed E-state index contributed by atoms with van der Waals surface area (Å²) in [6, 6.07) is -0.0644. The molecule has 0 saturated carbocycles. The van der Waals surface area contributed by atoms with Crippen molar-refractivity contribution in [3.8, 4) is 0 Å². The van der Waals surface area contributed by atoms with Gasteiger partial charge in [-0.25, -0.2) is 0 Å². The van der Waals surface area contributed by atoms with Crippen molar-refractivity contribution in [1.82, 2.24) is 4.90 Å². The minimum atomic E-state index is -0.194. The van der Waals surface area contributed by atoms with E-state index in [1.807, 2.05) is 6.92 Å². The van der Waals surface area contributed by atoms with Gasteiger partial charge < -0.3 is 5.73 Å². The van der Waals surface area contributed by atoms with Crippen LogP contribution >= 0.6 is 0 Å². The van der Waals surface area contributed by atoms with E-state index in [9.17, 15) is 4.79 Å². The van der Waals surface area contributed by atoms with Crippen molar-refractivity contribution in [2.24, 2.45) is 5.73 Å². The van der Waals surface area contributed by atoms with E-state index < -0.39 is 0 Å². The summed E-state index contributed by atoms with van der Waals surface area (Å²) in [4.78, 5) is 13.2. The highest BCUT2D eigenvalue weighted by atomic mass is 16.1. The number of carbonyl (C=O) groups is 1. The topological polar surface area (TPSA) is 46.3 Å². The van der Waals surface area contributed by atoms with Gasteiger partial charge in [0.15, 0.2) is 0 Å². The Morgan fingerprint density at radius 3 is 2.85 bits per heavy atom. The van der Waals surface area contributed by atoms with Crippen molar-refractivity contribution < 1.29 is 4.79 Å². The van der Waals surface area contributed by atoms with Crippen LogP contribution < -0.4 is 5.73 Å². The van der Waals surface area contributed by atoms with Gasteiger partial charge in [-0.3, -0.25) is 9.69 Å². The number of hydrogen-bond acceptors (Lipinski definition) is 2. The van der Waals surface area contributed by atoms with Crippen LogP contribution in [0.2, 0.25) is 0 Å². The third kappa shape index (κ3) is 2.84. The summed E-state index contributed by atoms with van der Waals surface area (Å²) in [6.07, 6.45) is 3.18. The van der Waals surface area contributed by atoms with Crippen LogP contribution in [0.4, 0.5) is 0 Å². The smallest absolute Gasteiger partial charge is 0.234 e. The number of rotatable bonds is 3. The van der Waals surface area contributed by atoms with Gasteiger partial charge in [0, 0.05) is 6.54 Å². The number of nitrogens with zero attached hydrogens (tertiary/aromatic N) is 1. The minimum absolute atomic E-state index is 0.0644. The average Bonchev–Trinajstić information content (AvgIpc) is 2.03. The summed E-state index contributed by atoms with van der Waals surface area (Å²) < 4.78 is 0. The molecular formula is C10H18N2O. The predicted octanol–water partition coefficient (Wildman–Crippen LogP) is 0.902. The lowest BCUT2D eigenvalue weighted by atomic mass is 10.0. The van der Waals surface area contributed by atoms with Crippen LogP contribution in [0.25, 0.3) is 0 Å². The second-order valence-corrected chi connectivity index (χ2v) is 3.84. The molecule has 3 heteroatoms. The number of carbonyl (C=O) groups excluding carboxylic acids is 1. The van der Waals surface area contributed by atoms with Gasteiger partial charge in [-0.1, -0.05) is 18.6 Å². The molecule has 0 aromatic rings. The molecule has 0 aliphatic carbocycles. The average molecular weight is 182 g/mol. The summed E-state index contributed by atoms with van der Waals surface area (Å²) in [5, 5.41) is 0. The van der Waals surface area contributed by atoms with Crippen LogP contribution in [0.5, 0.6) is 0 Å². The van der Waals surface area contributed by atoms with Crippen LogP contribution in [0.1, 0.15) is 26.2 Å². The third-order valence-corrected chi connectivity index (χ3v) is 2.42. The summed E-state index contributed by atoms with van der Waals surface area (Å²) in [6.45, 7) is 7.60. The second-order valence-electron chi connectivity index (χ2n) is 3.84. The van der Waals surface area contributed by atoms with Gasteiger partial charge in [0.05, 0.1) is 6.04 Å². The Balaban J connectivity index is 2.56. The predicted molar refractivity (Wildman–Crippen MR) is 53.2 cm³/mol. The van der Waals surface area contributed by atoms with Crippen molar-refractivity contribution in [2.45, 2.75) is 32.2 Å². The van der Waals surface area contributed by atoms with Crippen LogP contribution in [-0.2, 0) is 4.79 Å². The summed E-state index contributed by atoms with van der Waals surface area (Å²) in [5.41, 5.74) is 6.41. The first-order valence-corrected chi connectivity index (χ1v) is 4.79. The Bertz CT molecular complexity index is 213. The first kappa shape index (κ1) is 10.3. The zero-order valence-corrected chi connectivity index (χ0v) is 8.25. The molecular weight excluding hydrogens is 164 g/mol. The Kier molecular flexibility index (Phi) is 3.48. The highest BCUT2D eigenvalue weighted by Crippen LogP contribution is 2.17. The molecule has 13 heavy (non-hydrogen) atoms. The molecule has 1 rings (SSSR count). The van der Waals surface area contributed by atoms with Crippen molar-refractivity contribution in [3.63, 3.8) is 0 Å². The summed E-state index contributed by atoms with van der Waals surface area (Å²) in [5.74, 6) is -0.194. The first-order chi connectivity index (χ1) is 6.11. The molecule has 1 saturated heterocycles. The van der Waals surface area contributed by atoms with E-state index in [0.29, 0.717) is 0 Å². The van der Waals surface area contributed by atoms with Gasteiger partial charge in [-0.15, -0.1) is 0 Å². The molecule has 74 valence electrons. The molecule has 0 spiro atoms. The molecule has 1 heterocycles. The fourth-order valence-corrected chi connectivity index (χ4v) is 1.85. The Morgan fingerprint density at radius 2 is 2.31 bits per heavy atom. The summed E-state index contributed by atoms with van der Waals surface area (Å²) >= 11 is 0. The highest BCUT2D eigenvalue weighted by Gasteiger charge is 2.26. The lowest BCUT2D eigenvalue weighted by Gasteiger charge is -2.33. The normalized spacial score (nSPS) is 24.2. The van der Waals surface area contributed by atoms with Crippen molar-refractivity contribution >= 4 is 5.91 Å². The molecule has 2 N–H and O–H groups in total. The Morgan fingerprint density at radius 1 is 1.62 bits per heavy atom. The van der Waals surface area contributed by atoms with E-state index in [1.165, 1.54) is 0 Å². The molecule has 1 amide bonds. The molecule has 1 aliphatic heterocycles. The van der Waals surface area contributed by atoms with Crippen LogP contribution in [0.15, 0.2) is 12.2 Å².